The minimum absolute atomic E-state index is 0.0201. The van der Waals surface area contributed by atoms with Crippen molar-refractivity contribution in [3.63, 3.8) is 0 Å². The van der Waals surface area contributed by atoms with E-state index in [4.69, 9.17) is 14.6 Å². The monoisotopic (exact) mass is 946 g/mol. The van der Waals surface area contributed by atoms with Crippen molar-refractivity contribution in [3.8, 4) is 0 Å². The number of anilines is 1. The highest BCUT2D eigenvalue weighted by molar-refractivity contribution is 7.86. The number of hydrogen-bond donors (Lipinski definition) is 4. The molecule has 344 valence electrons. The van der Waals surface area contributed by atoms with Gasteiger partial charge in [0.2, 0.25) is 5.69 Å². The number of unbranched alkanes of at least 4 members (excludes halogenated alkanes) is 2. The van der Waals surface area contributed by atoms with E-state index in [0.717, 1.165) is 0 Å². The molecule has 2 atom stereocenters. The number of allylic oxidation sites excluding steroid dienone is 6. The molecule has 2 aliphatic heterocycles. The first kappa shape index (κ1) is 50.8. The van der Waals surface area contributed by atoms with Gasteiger partial charge < -0.3 is 24.0 Å². The molecule has 0 aromatic heterocycles. The SMILES string of the molecule is COCCOCCN1C(=CC=CC=CC2=[N+](CCCCCC(=O)O)c3ccc(S(=O)(=O)O)cc3C2(C)CCCS(=O)(=O)O)C(C)(CCCS(=O)(=O)[O-])c2cc(S(=O)(=O)O)ccc21. The molecule has 2 aromatic rings. The van der Waals surface area contributed by atoms with Crippen LogP contribution in [0.5, 0.6) is 0 Å². The number of aliphatic carboxylic acids is 1. The molecule has 0 aliphatic carbocycles. The third-order valence-corrected chi connectivity index (χ3v) is 14.4. The number of nitrogens with zero attached hydrogens (tertiary/aromatic N) is 2. The van der Waals surface area contributed by atoms with Crippen LogP contribution in [-0.2, 0) is 65.6 Å². The Hall–Kier alpha value is -3.84. The number of carbonyl (C=O) groups is 1. The Morgan fingerprint density at radius 2 is 1.40 bits per heavy atom. The molecule has 2 aliphatic rings. The van der Waals surface area contributed by atoms with Gasteiger partial charge in [-0.2, -0.15) is 29.8 Å². The average Bonchev–Trinajstić information content (AvgIpc) is 3.52. The van der Waals surface area contributed by atoms with Gasteiger partial charge in [-0.1, -0.05) is 18.2 Å². The van der Waals surface area contributed by atoms with Crippen molar-refractivity contribution in [2.45, 2.75) is 85.8 Å². The van der Waals surface area contributed by atoms with Gasteiger partial charge in [0, 0.05) is 66.8 Å². The number of fused-ring (bicyclic) bond motifs is 2. The van der Waals surface area contributed by atoms with Crippen LogP contribution in [0.2, 0.25) is 0 Å². The van der Waals surface area contributed by atoms with Crippen molar-refractivity contribution in [2.24, 2.45) is 0 Å². The summed E-state index contributed by atoms with van der Waals surface area (Å²) in [5, 5.41) is 9.13. The Bertz CT molecular complexity index is 2550. The molecule has 0 amide bonds. The van der Waals surface area contributed by atoms with Crippen LogP contribution in [0, 0.1) is 0 Å². The molecule has 18 nitrogen and oxygen atoms in total. The first-order valence-corrected chi connectivity index (χ1v) is 25.8. The number of carboxylic acids is 1. The first-order valence-electron chi connectivity index (χ1n) is 19.7. The topological polar surface area (TPSA) is 282 Å². The van der Waals surface area contributed by atoms with E-state index in [1.807, 2.05) is 9.48 Å². The fraction of sp³-hybridized carbons (Fsp3) is 0.500. The summed E-state index contributed by atoms with van der Waals surface area (Å²) >= 11 is 0. The van der Waals surface area contributed by atoms with Crippen LogP contribution in [0.4, 0.5) is 11.4 Å². The summed E-state index contributed by atoms with van der Waals surface area (Å²) in [5.74, 6) is -2.18. The van der Waals surface area contributed by atoms with Crippen LogP contribution in [0.1, 0.15) is 76.3 Å². The maximum atomic E-state index is 12.3. The Morgan fingerprint density at radius 3 is 2.02 bits per heavy atom. The summed E-state index contributed by atoms with van der Waals surface area (Å²) in [6.07, 6.45) is 10.2. The van der Waals surface area contributed by atoms with Crippen LogP contribution >= 0.6 is 0 Å². The number of hydrogen-bond acceptors (Lipinski definition) is 13. The van der Waals surface area contributed by atoms with Gasteiger partial charge in [-0.3, -0.25) is 18.5 Å². The van der Waals surface area contributed by atoms with E-state index in [0.29, 0.717) is 66.3 Å². The highest BCUT2D eigenvalue weighted by Gasteiger charge is 2.48. The fourth-order valence-electron chi connectivity index (χ4n) is 8.08. The number of rotatable bonds is 25. The molecular formula is C40H54N2O16S4. The smallest absolute Gasteiger partial charge is 0.303 e. The molecule has 0 spiro atoms. The van der Waals surface area contributed by atoms with E-state index < -0.39 is 68.8 Å². The number of benzene rings is 2. The number of carboxylic acid groups (broad SMARTS) is 1. The number of methoxy groups -OCH3 is 1. The summed E-state index contributed by atoms with van der Waals surface area (Å²) in [4.78, 5) is 12.3. The average molecular weight is 947 g/mol. The normalized spacial score (nSPS) is 20.2. The maximum absolute atomic E-state index is 12.3. The van der Waals surface area contributed by atoms with Crippen LogP contribution in [0.15, 0.2) is 82.3 Å². The minimum Gasteiger partial charge on any atom is -0.748 e. The van der Waals surface area contributed by atoms with Gasteiger partial charge >= 0.3 is 5.97 Å². The van der Waals surface area contributed by atoms with Crippen LogP contribution < -0.4 is 4.90 Å². The maximum Gasteiger partial charge on any atom is 0.303 e. The second-order valence-corrected chi connectivity index (χ2v) is 21.5. The molecule has 2 heterocycles. The van der Waals surface area contributed by atoms with Crippen molar-refractivity contribution in [1.82, 2.24) is 0 Å². The van der Waals surface area contributed by atoms with Gasteiger partial charge in [-0.25, -0.2) is 8.42 Å². The fourth-order valence-corrected chi connectivity index (χ4v) is 10.1. The van der Waals surface area contributed by atoms with Crippen molar-refractivity contribution in [3.05, 3.63) is 83.6 Å². The standard InChI is InChI=1S/C40H54N2O16S4/c1-39(19-10-26-59(45,46)47)32-28-30(61(51,52)53)15-17-34(32)41(21-9-5-8-14-38(43)44)36(39)12-6-4-7-13-37-40(2,20-11-27-60(48,49)50)33-29-31(62(54,55)56)16-18-35(33)42(37)22-23-58-25-24-57-3/h4,6-7,12-13,15-18,28-29H,5,8-11,14,19-27H2,1-3H3,(H4-,43,44,45,46,47,48,49,50,51,52,53,54,55,56). The van der Waals surface area contributed by atoms with Crippen molar-refractivity contribution in [1.29, 1.82) is 0 Å². The van der Waals surface area contributed by atoms with Crippen molar-refractivity contribution in [2.75, 3.05) is 56.4 Å². The van der Waals surface area contributed by atoms with Crippen LogP contribution in [-0.4, -0.2) is 125 Å². The summed E-state index contributed by atoms with van der Waals surface area (Å²) in [7, 11) is -16.7. The highest BCUT2D eigenvalue weighted by atomic mass is 32.2. The Balaban J connectivity index is 1.83. The minimum atomic E-state index is -4.65. The molecule has 4 rings (SSSR count). The molecule has 0 saturated carbocycles. The lowest BCUT2D eigenvalue weighted by Crippen LogP contribution is -2.32. The molecule has 0 saturated heterocycles. The van der Waals surface area contributed by atoms with Gasteiger partial charge in [0.05, 0.1) is 50.9 Å². The van der Waals surface area contributed by atoms with E-state index >= 15 is 0 Å². The van der Waals surface area contributed by atoms with E-state index in [2.05, 4.69) is 0 Å². The first-order chi connectivity index (χ1) is 28.8. The predicted molar refractivity (Wildman–Crippen MR) is 229 cm³/mol. The van der Waals surface area contributed by atoms with E-state index in [-0.39, 0.29) is 61.7 Å². The molecule has 62 heavy (non-hydrogen) atoms. The Kier molecular flexibility index (Phi) is 17.0. The second-order valence-electron chi connectivity index (χ2n) is 15.5. The van der Waals surface area contributed by atoms with Crippen molar-refractivity contribution < 1.29 is 75.8 Å². The molecular weight excluding hydrogens is 893 g/mol. The largest absolute Gasteiger partial charge is 0.748 e. The zero-order chi connectivity index (χ0) is 46.1. The molecule has 2 aromatic carbocycles. The predicted octanol–water partition coefficient (Wildman–Crippen LogP) is 4.61. The van der Waals surface area contributed by atoms with Crippen LogP contribution in [0.3, 0.4) is 0 Å². The lowest BCUT2D eigenvalue weighted by Gasteiger charge is -2.30. The van der Waals surface area contributed by atoms with Gasteiger partial charge in [-0.15, -0.1) is 0 Å². The lowest BCUT2D eigenvalue weighted by atomic mass is 9.76. The van der Waals surface area contributed by atoms with E-state index in [9.17, 15) is 56.7 Å². The molecule has 0 fully saturated rings. The summed E-state index contributed by atoms with van der Waals surface area (Å²) < 4.78 is 150. The highest BCUT2D eigenvalue weighted by Crippen LogP contribution is 2.51. The molecule has 4 N–H and O–H groups in total. The quantitative estimate of drug-likeness (QED) is 0.0457. The van der Waals surface area contributed by atoms with Gasteiger partial charge in [-0.05, 0) is 94.3 Å². The second kappa shape index (κ2) is 20.8. The lowest BCUT2D eigenvalue weighted by molar-refractivity contribution is -0.438. The zero-order valence-corrected chi connectivity index (χ0v) is 37.9. The van der Waals surface area contributed by atoms with Gasteiger partial charge in [0.25, 0.3) is 30.4 Å². The van der Waals surface area contributed by atoms with Gasteiger partial charge in [0.1, 0.15) is 6.54 Å². The Labute approximate surface area is 363 Å². The Morgan fingerprint density at radius 1 is 0.774 bits per heavy atom. The van der Waals surface area contributed by atoms with E-state index in [1.165, 1.54) is 43.5 Å². The van der Waals surface area contributed by atoms with E-state index in [1.54, 1.807) is 44.2 Å². The molecule has 2 unspecified atom stereocenters. The molecule has 0 radical (unpaired) electrons. The third kappa shape index (κ3) is 13.3. The van der Waals surface area contributed by atoms with Gasteiger partial charge in [0.15, 0.2) is 5.71 Å². The summed E-state index contributed by atoms with van der Waals surface area (Å²) in [6.45, 7) is 5.01. The molecule has 0 bridgehead atoms. The summed E-state index contributed by atoms with van der Waals surface area (Å²) in [6, 6.07) is 8.21. The van der Waals surface area contributed by atoms with Crippen LogP contribution in [0.25, 0.3) is 0 Å². The zero-order valence-electron chi connectivity index (χ0n) is 34.7. The third-order valence-electron chi connectivity index (χ3n) is 11.1. The molecule has 22 heteroatoms. The summed E-state index contributed by atoms with van der Waals surface area (Å²) in [5.41, 5.74) is 1.19. The van der Waals surface area contributed by atoms with Crippen molar-refractivity contribution >= 4 is 63.5 Å². The number of ether oxygens (including phenoxy) is 2.